The fraction of sp³-hybridized carbons (Fsp3) is 0.259. The SMILES string of the molecule is CC(=O)/C=C(/C)O.Cc1ccc[c-]c1-c1nccc2c1sc1cc3c(cc12)CCCC3.[Ir]. The van der Waals surface area contributed by atoms with Crippen LogP contribution in [0.15, 0.2) is 54.4 Å². The van der Waals surface area contributed by atoms with E-state index in [1.165, 1.54) is 71.3 Å². The number of aliphatic hydroxyl groups excluding tert-OH is 1. The van der Waals surface area contributed by atoms with Gasteiger partial charge in [0.25, 0.3) is 0 Å². The van der Waals surface area contributed by atoms with Crippen molar-refractivity contribution in [1.82, 2.24) is 4.98 Å². The maximum Gasteiger partial charge on any atom is 0.155 e. The van der Waals surface area contributed by atoms with E-state index in [1.807, 2.05) is 29.7 Å². The van der Waals surface area contributed by atoms with Gasteiger partial charge in [-0.05, 0) is 79.6 Å². The number of allylic oxidation sites excluding steroid dienone is 2. The van der Waals surface area contributed by atoms with Crippen molar-refractivity contribution in [2.75, 3.05) is 0 Å². The zero-order valence-electron chi connectivity index (χ0n) is 18.5. The van der Waals surface area contributed by atoms with Crippen LogP contribution in [-0.4, -0.2) is 15.9 Å². The predicted molar refractivity (Wildman–Crippen MR) is 130 cm³/mol. The Morgan fingerprint density at radius 2 is 1.84 bits per heavy atom. The van der Waals surface area contributed by atoms with E-state index >= 15 is 0 Å². The molecule has 32 heavy (non-hydrogen) atoms. The molecular formula is C27H26IrNO2S-. The molecule has 5 heteroatoms. The quantitative estimate of drug-likeness (QED) is 0.147. The first-order chi connectivity index (χ1) is 14.9. The summed E-state index contributed by atoms with van der Waals surface area (Å²) in [6.45, 7) is 4.99. The van der Waals surface area contributed by atoms with Crippen molar-refractivity contribution in [3.8, 4) is 11.3 Å². The molecule has 0 bridgehead atoms. The van der Waals surface area contributed by atoms with Crippen molar-refractivity contribution in [2.45, 2.75) is 46.5 Å². The Kier molecular flexibility index (Phi) is 8.00. The van der Waals surface area contributed by atoms with Gasteiger partial charge in [0.2, 0.25) is 0 Å². The fourth-order valence-electron chi connectivity index (χ4n) is 4.18. The molecule has 2 aromatic carbocycles. The average Bonchev–Trinajstić information content (AvgIpc) is 3.09. The molecule has 0 atom stereocenters. The van der Waals surface area contributed by atoms with Gasteiger partial charge in [0.15, 0.2) is 5.78 Å². The number of benzene rings is 2. The second-order valence-electron chi connectivity index (χ2n) is 8.09. The first-order valence-electron chi connectivity index (χ1n) is 10.6. The minimum Gasteiger partial charge on any atom is -0.512 e. The molecule has 2 heterocycles. The number of rotatable bonds is 2. The number of aliphatic hydroxyl groups is 1. The molecule has 0 spiro atoms. The summed E-state index contributed by atoms with van der Waals surface area (Å²) in [6, 6.07) is 16.6. The fourth-order valence-corrected chi connectivity index (χ4v) is 5.42. The van der Waals surface area contributed by atoms with E-state index in [0.717, 1.165) is 11.3 Å². The second-order valence-corrected chi connectivity index (χ2v) is 9.14. The molecule has 1 N–H and O–H groups in total. The number of thiophene rings is 1. The molecule has 0 aliphatic heterocycles. The minimum atomic E-state index is -0.125. The Bertz CT molecular complexity index is 1300. The molecule has 5 rings (SSSR count). The zero-order chi connectivity index (χ0) is 22.0. The summed E-state index contributed by atoms with van der Waals surface area (Å²) in [6.07, 6.45) is 8.23. The predicted octanol–water partition coefficient (Wildman–Crippen LogP) is 7.14. The van der Waals surface area contributed by atoms with Gasteiger partial charge in [0.05, 0.1) is 5.76 Å². The van der Waals surface area contributed by atoms with Crippen molar-refractivity contribution >= 4 is 37.3 Å². The summed E-state index contributed by atoms with van der Waals surface area (Å²) in [5.74, 6) is -0.0625. The summed E-state index contributed by atoms with van der Waals surface area (Å²) in [7, 11) is 0. The maximum absolute atomic E-state index is 10.0. The average molecular weight is 621 g/mol. The number of aryl methyl sites for hydroxylation is 3. The van der Waals surface area contributed by atoms with Crippen LogP contribution in [0.25, 0.3) is 31.4 Å². The van der Waals surface area contributed by atoms with Crippen LogP contribution >= 0.6 is 11.3 Å². The number of aromatic nitrogens is 1. The summed E-state index contributed by atoms with van der Waals surface area (Å²) in [5.41, 5.74) is 6.53. The number of fused-ring (bicyclic) bond motifs is 4. The first kappa shape index (κ1) is 24.3. The molecule has 0 saturated carbocycles. The molecule has 0 amide bonds. The van der Waals surface area contributed by atoms with Crippen LogP contribution in [0.3, 0.4) is 0 Å². The summed E-state index contributed by atoms with van der Waals surface area (Å²) < 4.78 is 2.69. The molecule has 4 aromatic rings. The standard InChI is InChI=1S/C22H18NS.C5H8O2.Ir/c1-14-6-2-5-9-17(14)21-22-18(10-11-23-21)19-12-15-7-3-4-8-16(15)13-20(19)24-22;1-4(6)3-5(2)7;/h2,5-6,10-13H,3-4,7-8H2,1H3;3,6H,1-2H3;/q-1;;/b;4-3-;. The Morgan fingerprint density at radius 1 is 1.12 bits per heavy atom. The molecule has 1 radical (unpaired) electrons. The summed E-state index contributed by atoms with van der Waals surface area (Å²) in [4.78, 5) is 14.7. The van der Waals surface area contributed by atoms with E-state index in [4.69, 9.17) is 10.1 Å². The van der Waals surface area contributed by atoms with E-state index in [0.29, 0.717) is 0 Å². The van der Waals surface area contributed by atoms with Crippen LogP contribution in [0, 0.1) is 13.0 Å². The summed E-state index contributed by atoms with van der Waals surface area (Å²) in [5, 5.41) is 11.1. The molecule has 0 unspecified atom stereocenters. The molecule has 167 valence electrons. The smallest absolute Gasteiger partial charge is 0.155 e. The molecule has 0 saturated heterocycles. The number of hydrogen-bond acceptors (Lipinski definition) is 4. The van der Waals surface area contributed by atoms with Gasteiger partial charge >= 0.3 is 0 Å². The number of nitrogens with zero attached hydrogens (tertiary/aromatic N) is 1. The van der Waals surface area contributed by atoms with E-state index in [-0.39, 0.29) is 31.6 Å². The largest absolute Gasteiger partial charge is 0.512 e. The Labute approximate surface area is 206 Å². The first-order valence-corrected chi connectivity index (χ1v) is 11.4. The van der Waals surface area contributed by atoms with E-state index < -0.39 is 0 Å². The molecule has 0 fully saturated rings. The van der Waals surface area contributed by atoms with Crippen LogP contribution in [0.5, 0.6) is 0 Å². The number of hydrogen-bond donors (Lipinski definition) is 1. The van der Waals surface area contributed by atoms with Gasteiger partial charge < -0.3 is 10.1 Å². The van der Waals surface area contributed by atoms with Gasteiger partial charge in [-0.1, -0.05) is 6.92 Å². The van der Waals surface area contributed by atoms with Crippen molar-refractivity contribution < 1.29 is 30.0 Å². The van der Waals surface area contributed by atoms with Gasteiger partial charge in [0.1, 0.15) is 0 Å². The topological polar surface area (TPSA) is 50.2 Å². The van der Waals surface area contributed by atoms with Crippen LogP contribution in [0.1, 0.15) is 43.4 Å². The Balaban J connectivity index is 0.000000318. The normalized spacial score (nSPS) is 13.2. The van der Waals surface area contributed by atoms with Gasteiger partial charge in [-0.2, -0.15) is 0 Å². The van der Waals surface area contributed by atoms with Gasteiger partial charge in [-0.3, -0.25) is 4.79 Å². The van der Waals surface area contributed by atoms with Gasteiger partial charge in [0, 0.05) is 47.5 Å². The van der Waals surface area contributed by atoms with Crippen LogP contribution in [-0.2, 0) is 37.7 Å². The minimum absolute atomic E-state index is 0. The molecular weight excluding hydrogens is 595 g/mol. The number of ketones is 1. The van der Waals surface area contributed by atoms with Crippen molar-refractivity contribution in [3.05, 3.63) is 77.2 Å². The van der Waals surface area contributed by atoms with Crippen molar-refractivity contribution in [2.24, 2.45) is 0 Å². The van der Waals surface area contributed by atoms with Crippen LogP contribution < -0.4 is 0 Å². The third kappa shape index (κ3) is 5.17. The monoisotopic (exact) mass is 621 g/mol. The maximum atomic E-state index is 10.0. The molecule has 1 aliphatic rings. The van der Waals surface area contributed by atoms with Gasteiger partial charge in [-0.25, -0.2) is 0 Å². The van der Waals surface area contributed by atoms with E-state index in [9.17, 15) is 4.79 Å². The molecule has 1 aliphatic carbocycles. The van der Waals surface area contributed by atoms with Gasteiger partial charge in [-0.15, -0.1) is 46.7 Å². The zero-order valence-corrected chi connectivity index (χ0v) is 21.7. The Morgan fingerprint density at radius 3 is 2.47 bits per heavy atom. The third-order valence-electron chi connectivity index (χ3n) is 5.56. The van der Waals surface area contributed by atoms with E-state index in [1.54, 1.807) is 11.1 Å². The molecule has 3 nitrogen and oxygen atoms in total. The van der Waals surface area contributed by atoms with Crippen molar-refractivity contribution in [1.29, 1.82) is 0 Å². The van der Waals surface area contributed by atoms with Crippen LogP contribution in [0.2, 0.25) is 0 Å². The number of pyridine rings is 1. The van der Waals surface area contributed by atoms with Crippen molar-refractivity contribution in [3.63, 3.8) is 0 Å². The Hall–Kier alpha value is -2.33. The van der Waals surface area contributed by atoms with E-state index in [2.05, 4.69) is 37.3 Å². The number of carbonyl (C=O) groups is 1. The molecule has 2 aromatic heterocycles. The third-order valence-corrected chi connectivity index (χ3v) is 6.74. The second kappa shape index (κ2) is 10.5. The summed E-state index contributed by atoms with van der Waals surface area (Å²) >= 11 is 1.88. The number of carbonyl (C=O) groups excluding carboxylic acids is 1. The van der Waals surface area contributed by atoms with Crippen LogP contribution in [0.4, 0.5) is 0 Å².